The van der Waals surface area contributed by atoms with Crippen molar-refractivity contribution in [2.45, 2.75) is 57.7 Å². The van der Waals surface area contributed by atoms with E-state index in [9.17, 15) is 13.2 Å². The SMILES string of the molecule is Cc1cc(C)c(S(=O)(=O)N2CCCC2C(=O)NCc2cccc(OCc3ccccn3)c2)c(C)c1. The molecule has 1 unspecified atom stereocenters. The van der Waals surface area contributed by atoms with Crippen LogP contribution >= 0.6 is 0 Å². The van der Waals surface area contributed by atoms with E-state index in [0.717, 1.165) is 16.8 Å². The molecule has 0 spiro atoms. The molecule has 35 heavy (non-hydrogen) atoms. The highest BCUT2D eigenvalue weighted by Crippen LogP contribution is 2.30. The van der Waals surface area contributed by atoms with E-state index in [0.29, 0.717) is 47.8 Å². The molecule has 1 fully saturated rings. The first-order valence-corrected chi connectivity index (χ1v) is 13.2. The van der Waals surface area contributed by atoms with Crippen LogP contribution in [0, 0.1) is 20.8 Å². The van der Waals surface area contributed by atoms with E-state index in [2.05, 4.69) is 10.3 Å². The first-order chi connectivity index (χ1) is 16.8. The topological polar surface area (TPSA) is 88.6 Å². The van der Waals surface area contributed by atoms with Gasteiger partial charge in [-0.15, -0.1) is 0 Å². The Bertz CT molecular complexity index is 1290. The lowest BCUT2D eigenvalue weighted by Gasteiger charge is -2.25. The molecule has 0 aliphatic carbocycles. The summed E-state index contributed by atoms with van der Waals surface area (Å²) in [6.45, 7) is 6.53. The van der Waals surface area contributed by atoms with Gasteiger partial charge in [-0.05, 0) is 74.6 Å². The van der Waals surface area contributed by atoms with Gasteiger partial charge in [0.1, 0.15) is 18.4 Å². The van der Waals surface area contributed by atoms with Gasteiger partial charge in [0.25, 0.3) is 0 Å². The molecule has 2 heterocycles. The number of hydrogen-bond acceptors (Lipinski definition) is 5. The second-order valence-electron chi connectivity index (χ2n) is 8.98. The van der Waals surface area contributed by atoms with Crippen molar-refractivity contribution in [1.82, 2.24) is 14.6 Å². The van der Waals surface area contributed by atoms with Gasteiger partial charge in [-0.1, -0.05) is 35.9 Å². The van der Waals surface area contributed by atoms with Gasteiger partial charge in [0, 0.05) is 19.3 Å². The van der Waals surface area contributed by atoms with Crippen LogP contribution in [0.4, 0.5) is 0 Å². The van der Waals surface area contributed by atoms with Crippen LogP contribution in [-0.4, -0.2) is 36.2 Å². The van der Waals surface area contributed by atoms with Crippen LogP contribution in [0.1, 0.15) is 40.8 Å². The second kappa shape index (κ2) is 10.6. The van der Waals surface area contributed by atoms with E-state index in [1.165, 1.54) is 4.31 Å². The molecule has 1 N–H and O–H groups in total. The molecule has 184 valence electrons. The molecule has 1 aliphatic heterocycles. The maximum Gasteiger partial charge on any atom is 0.244 e. The Morgan fingerprint density at radius 3 is 2.57 bits per heavy atom. The Morgan fingerprint density at radius 1 is 1.09 bits per heavy atom. The molecule has 4 rings (SSSR count). The summed E-state index contributed by atoms with van der Waals surface area (Å²) in [5.74, 6) is 0.395. The zero-order valence-electron chi connectivity index (χ0n) is 20.3. The number of aryl methyl sites for hydroxylation is 3. The zero-order valence-corrected chi connectivity index (χ0v) is 21.1. The van der Waals surface area contributed by atoms with Crippen molar-refractivity contribution < 1.29 is 17.9 Å². The fraction of sp³-hybridized carbons (Fsp3) is 0.333. The number of rotatable bonds is 8. The van der Waals surface area contributed by atoms with Gasteiger partial charge in [-0.25, -0.2) is 8.42 Å². The summed E-state index contributed by atoms with van der Waals surface area (Å²) in [6.07, 6.45) is 2.87. The smallest absolute Gasteiger partial charge is 0.244 e. The fourth-order valence-corrected chi connectivity index (χ4v) is 6.75. The van der Waals surface area contributed by atoms with Crippen molar-refractivity contribution in [3.63, 3.8) is 0 Å². The highest BCUT2D eigenvalue weighted by atomic mass is 32.2. The van der Waals surface area contributed by atoms with Crippen LogP contribution in [0.5, 0.6) is 5.75 Å². The normalized spacial score (nSPS) is 16.3. The van der Waals surface area contributed by atoms with Gasteiger partial charge in [0.2, 0.25) is 15.9 Å². The summed E-state index contributed by atoms with van der Waals surface area (Å²) in [6, 6.07) is 16.2. The number of benzene rings is 2. The highest BCUT2D eigenvalue weighted by molar-refractivity contribution is 7.89. The molecule has 7 nitrogen and oxygen atoms in total. The second-order valence-corrected chi connectivity index (χ2v) is 10.8. The third-order valence-electron chi connectivity index (χ3n) is 6.16. The summed E-state index contributed by atoms with van der Waals surface area (Å²) in [5, 5.41) is 2.92. The number of nitrogens with zero attached hydrogens (tertiary/aromatic N) is 2. The van der Waals surface area contributed by atoms with E-state index >= 15 is 0 Å². The number of sulfonamides is 1. The number of ether oxygens (including phenoxy) is 1. The minimum absolute atomic E-state index is 0.284. The van der Waals surface area contributed by atoms with Gasteiger partial charge in [-0.2, -0.15) is 4.31 Å². The van der Waals surface area contributed by atoms with Crippen LogP contribution in [0.15, 0.2) is 65.7 Å². The Hall–Kier alpha value is -3.23. The number of hydrogen-bond donors (Lipinski definition) is 1. The van der Waals surface area contributed by atoms with Crippen LogP contribution < -0.4 is 10.1 Å². The molecule has 3 aromatic rings. The summed E-state index contributed by atoms with van der Waals surface area (Å²) >= 11 is 0. The number of carbonyl (C=O) groups excluding carboxylic acids is 1. The first kappa shape index (κ1) is 24.9. The summed E-state index contributed by atoms with van der Waals surface area (Å²) in [5.41, 5.74) is 4.12. The van der Waals surface area contributed by atoms with Crippen molar-refractivity contribution in [3.05, 3.63) is 88.7 Å². The van der Waals surface area contributed by atoms with Crippen LogP contribution in [0.3, 0.4) is 0 Å². The standard InChI is InChI=1S/C27H31N3O4S/c1-19-14-20(2)26(21(3)15-19)35(32,33)30-13-7-11-25(30)27(31)29-17-22-8-6-10-24(16-22)34-18-23-9-4-5-12-28-23/h4-6,8-10,12,14-16,25H,7,11,13,17-18H2,1-3H3,(H,29,31). The summed E-state index contributed by atoms with van der Waals surface area (Å²) in [4.78, 5) is 17.6. The minimum Gasteiger partial charge on any atom is -0.487 e. The van der Waals surface area contributed by atoms with E-state index < -0.39 is 16.1 Å². The maximum atomic E-state index is 13.5. The van der Waals surface area contributed by atoms with Gasteiger partial charge in [-0.3, -0.25) is 9.78 Å². The van der Waals surface area contributed by atoms with Gasteiger partial charge in [0.15, 0.2) is 0 Å². The van der Waals surface area contributed by atoms with E-state index in [1.54, 1.807) is 20.0 Å². The molecule has 0 saturated carbocycles. The molecular weight excluding hydrogens is 462 g/mol. The van der Waals surface area contributed by atoms with Crippen LogP contribution in [-0.2, 0) is 28.0 Å². The lowest BCUT2D eigenvalue weighted by atomic mass is 10.1. The molecule has 0 bridgehead atoms. The van der Waals surface area contributed by atoms with Crippen molar-refractivity contribution in [2.24, 2.45) is 0 Å². The summed E-state index contributed by atoms with van der Waals surface area (Å²) in [7, 11) is -3.79. The van der Waals surface area contributed by atoms with Crippen molar-refractivity contribution >= 4 is 15.9 Å². The Balaban J connectivity index is 1.42. The summed E-state index contributed by atoms with van der Waals surface area (Å²) < 4.78 is 34.2. The number of nitrogens with one attached hydrogen (secondary N) is 1. The molecule has 1 amide bonds. The molecule has 1 aromatic heterocycles. The number of pyridine rings is 1. The number of carbonyl (C=O) groups is 1. The van der Waals surface area contributed by atoms with Crippen LogP contribution in [0.25, 0.3) is 0 Å². The number of aromatic nitrogens is 1. The predicted molar refractivity (Wildman–Crippen MR) is 134 cm³/mol. The molecule has 1 atom stereocenters. The van der Waals surface area contributed by atoms with Gasteiger partial charge < -0.3 is 10.1 Å². The average molecular weight is 494 g/mol. The van der Waals surface area contributed by atoms with Crippen molar-refractivity contribution in [3.8, 4) is 5.75 Å². The molecule has 8 heteroatoms. The Kier molecular flexibility index (Phi) is 7.52. The van der Waals surface area contributed by atoms with E-state index in [1.807, 2.05) is 61.5 Å². The molecule has 1 saturated heterocycles. The van der Waals surface area contributed by atoms with Gasteiger partial charge in [0.05, 0.1) is 10.6 Å². The molecular formula is C27H31N3O4S. The van der Waals surface area contributed by atoms with E-state index in [-0.39, 0.29) is 12.5 Å². The minimum atomic E-state index is -3.79. The lowest BCUT2D eigenvalue weighted by Crippen LogP contribution is -2.45. The van der Waals surface area contributed by atoms with E-state index in [4.69, 9.17) is 4.74 Å². The van der Waals surface area contributed by atoms with Crippen LogP contribution in [0.2, 0.25) is 0 Å². The monoisotopic (exact) mass is 493 g/mol. The largest absolute Gasteiger partial charge is 0.487 e. The van der Waals surface area contributed by atoms with Gasteiger partial charge >= 0.3 is 0 Å². The Morgan fingerprint density at radius 2 is 1.86 bits per heavy atom. The fourth-order valence-electron chi connectivity index (χ4n) is 4.67. The zero-order chi connectivity index (χ0) is 25.0. The first-order valence-electron chi connectivity index (χ1n) is 11.7. The predicted octanol–water partition coefficient (Wildman–Crippen LogP) is 4.06. The third-order valence-corrected chi connectivity index (χ3v) is 8.37. The maximum absolute atomic E-state index is 13.5. The average Bonchev–Trinajstić information content (AvgIpc) is 3.33. The highest BCUT2D eigenvalue weighted by Gasteiger charge is 2.40. The molecule has 2 aromatic carbocycles. The Labute approximate surface area is 207 Å². The van der Waals surface area contributed by atoms with Crippen molar-refractivity contribution in [2.75, 3.05) is 6.54 Å². The third kappa shape index (κ3) is 5.71. The molecule has 1 aliphatic rings. The quantitative estimate of drug-likeness (QED) is 0.511. The van der Waals surface area contributed by atoms with Crippen molar-refractivity contribution in [1.29, 1.82) is 0 Å². The molecule has 0 radical (unpaired) electrons. The lowest BCUT2D eigenvalue weighted by molar-refractivity contribution is -0.124. The number of amides is 1.